The number of ether oxygens (including phenoxy) is 2. The van der Waals surface area contributed by atoms with Gasteiger partial charge in [-0.2, -0.15) is 0 Å². The Balaban J connectivity index is 1.52. The van der Waals surface area contributed by atoms with Crippen molar-refractivity contribution in [3.05, 3.63) is 107 Å². The summed E-state index contributed by atoms with van der Waals surface area (Å²) in [6.07, 6.45) is 1.43. The monoisotopic (exact) mass is 497 g/mol. The highest BCUT2D eigenvalue weighted by atomic mass is 16.6. The van der Waals surface area contributed by atoms with Crippen LogP contribution < -0.4 is 5.32 Å². The second kappa shape index (κ2) is 11.5. The van der Waals surface area contributed by atoms with Gasteiger partial charge in [-0.15, -0.1) is 0 Å². The van der Waals surface area contributed by atoms with Crippen LogP contribution in [0.25, 0.3) is 11.1 Å². The standard InChI is InChI=1S/C32H35NO4/c1-22(30(34)36-29-19-18-26-12-8-9-13-28(26)29)27(21-33-31(35)37-32(2,3)4)20-23-14-16-25(17-15-23)24-10-6-5-7-11-24/h5-17,29H,18-21H2,1-4H3,(H,33,35). The summed E-state index contributed by atoms with van der Waals surface area (Å²) >= 11 is 0. The van der Waals surface area contributed by atoms with Crippen LogP contribution in [0.5, 0.6) is 0 Å². The van der Waals surface area contributed by atoms with Gasteiger partial charge in [-0.3, -0.25) is 0 Å². The van der Waals surface area contributed by atoms with E-state index in [1.54, 1.807) is 6.92 Å². The molecule has 192 valence electrons. The molecular weight excluding hydrogens is 462 g/mol. The summed E-state index contributed by atoms with van der Waals surface area (Å²) in [4.78, 5) is 25.6. The number of aryl methyl sites for hydroxylation is 1. The van der Waals surface area contributed by atoms with Gasteiger partial charge >= 0.3 is 12.1 Å². The molecule has 4 rings (SSSR count). The van der Waals surface area contributed by atoms with Crippen molar-refractivity contribution in [1.29, 1.82) is 0 Å². The average molecular weight is 498 g/mol. The van der Waals surface area contributed by atoms with Gasteiger partial charge in [-0.05, 0) is 80.3 Å². The highest BCUT2D eigenvalue weighted by Gasteiger charge is 2.27. The summed E-state index contributed by atoms with van der Waals surface area (Å²) in [6.45, 7) is 7.42. The van der Waals surface area contributed by atoms with Gasteiger partial charge in [-0.1, -0.05) is 78.9 Å². The van der Waals surface area contributed by atoms with E-state index in [1.807, 2.05) is 57.2 Å². The molecule has 1 N–H and O–H groups in total. The fraction of sp³-hybridized carbons (Fsp3) is 0.312. The van der Waals surface area contributed by atoms with Crippen LogP contribution >= 0.6 is 0 Å². The second-order valence-corrected chi connectivity index (χ2v) is 10.5. The van der Waals surface area contributed by atoms with Gasteiger partial charge in [0.25, 0.3) is 0 Å². The summed E-state index contributed by atoms with van der Waals surface area (Å²) in [5.74, 6) is -0.358. The molecule has 3 aromatic carbocycles. The van der Waals surface area contributed by atoms with Crippen LogP contribution in [0.4, 0.5) is 4.79 Å². The van der Waals surface area contributed by atoms with Crippen molar-refractivity contribution in [1.82, 2.24) is 5.32 Å². The average Bonchev–Trinajstić information content (AvgIpc) is 3.28. The van der Waals surface area contributed by atoms with Gasteiger partial charge in [0.1, 0.15) is 11.7 Å². The Hall–Kier alpha value is -3.86. The first-order valence-corrected chi connectivity index (χ1v) is 12.8. The molecule has 0 bridgehead atoms. The smallest absolute Gasteiger partial charge is 0.407 e. The number of carbonyl (C=O) groups is 2. The number of fused-ring (bicyclic) bond motifs is 1. The quantitative estimate of drug-likeness (QED) is 0.283. The molecule has 1 unspecified atom stereocenters. The highest BCUT2D eigenvalue weighted by Crippen LogP contribution is 2.34. The lowest BCUT2D eigenvalue weighted by molar-refractivity contribution is -0.144. The van der Waals surface area contributed by atoms with E-state index < -0.39 is 11.7 Å². The maximum absolute atomic E-state index is 13.2. The van der Waals surface area contributed by atoms with Crippen molar-refractivity contribution < 1.29 is 19.1 Å². The summed E-state index contributed by atoms with van der Waals surface area (Å²) in [6, 6.07) is 26.6. The van der Waals surface area contributed by atoms with Crippen LogP contribution in [-0.2, 0) is 27.1 Å². The summed E-state index contributed by atoms with van der Waals surface area (Å²) < 4.78 is 11.3. The number of benzene rings is 3. The molecule has 3 aromatic rings. The third-order valence-corrected chi connectivity index (χ3v) is 6.49. The molecule has 37 heavy (non-hydrogen) atoms. The van der Waals surface area contributed by atoms with Gasteiger partial charge in [-0.25, -0.2) is 9.59 Å². The minimum Gasteiger partial charge on any atom is -0.454 e. The van der Waals surface area contributed by atoms with Gasteiger partial charge < -0.3 is 14.8 Å². The fourth-order valence-electron chi connectivity index (χ4n) is 4.52. The molecular formula is C32H35NO4. The number of hydrogen-bond donors (Lipinski definition) is 1. The zero-order valence-electron chi connectivity index (χ0n) is 22.0. The number of carbonyl (C=O) groups excluding carboxylic acids is 2. The van der Waals surface area contributed by atoms with E-state index in [2.05, 4.69) is 47.8 Å². The van der Waals surface area contributed by atoms with Gasteiger partial charge in [0.05, 0.1) is 0 Å². The van der Waals surface area contributed by atoms with E-state index in [-0.39, 0.29) is 18.6 Å². The van der Waals surface area contributed by atoms with Crippen LogP contribution in [0.1, 0.15) is 56.9 Å². The Labute approximate surface area is 219 Å². The van der Waals surface area contributed by atoms with Crippen LogP contribution in [0.3, 0.4) is 0 Å². The van der Waals surface area contributed by atoms with Crippen molar-refractivity contribution in [2.75, 3.05) is 6.54 Å². The van der Waals surface area contributed by atoms with Gasteiger partial charge in [0.15, 0.2) is 0 Å². The molecule has 0 aliphatic heterocycles. The molecule has 1 aliphatic rings. The van der Waals surface area contributed by atoms with E-state index >= 15 is 0 Å². The molecule has 0 aromatic heterocycles. The Kier molecular flexibility index (Phi) is 8.12. The minimum absolute atomic E-state index is 0.192. The molecule has 5 nitrogen and oxygen atoms in total. The molecule has 0 fully saturated rings. The number of rotatable bonds is 7. The van der Waals surface area contributed by atoms with Gasteiger partial charge in [0, 0.05) is 12.1 Å². The lowest BCUT2D eigenvalue weighted by Crippen LogP contribution is -2.34. The summed E-state index contributed by atoms with van der Waals surface area (Å²) in [7, 11) is 0. The van der Waals surface area contributed by atoms with Crippen molar-refractivity contribution >= 4 is 12.1 Å². The zero-order valence-corrected chi connectivity index (χ0v) is 22.0. The van der Waals surface area contributed by atoms with E-state index in [9.17, 15) is 9.59 Å². The topological polar surface area (TPSA) is 64.6 Å². The second-order valence-electron chi connectivity index (χ2n) is 10.5. The first-order chi connectivity index (χ1) is 17.7. The Morgan fingerprint density at radius 1 is 0.892 bits per heavy atom. The number of alkyl carbamates (subject to hydrolysis) is 1. The fourth-order valence-corrected chi connectivity index (χ4v) is 4.52. The Morgan fingerprint density at radius 3 is 2.24 bits per heavy atom. The third kappa shape index (κ3) is 7.10. The number of esters is 1. The van der Waals surface area contributed by atoms with Crippen molar-refractivity contribution in [3.8, 4) is 11.1 Å². The lowest BCUT2D eigenvalue weighted by atomic mass is 9.98. The first-order valence-electron chi connectivity index (χ1n) is 12.8. The van der Waals surface area contributed by atoms with Crippen molar-refractivity contribution in [3.63, 3.8) is 0 Å². The number of amides is 1. The number of hydrogen-bond acceptors (Lipinski definition) is 4. The van der Waals surface area contributed by atoms with E-state index in [4.69, 9.17) is 9.47 Å². The Morgan fingerprint density at radius 2 is 1.54 bits per heavy atom. The first kappa shape index (κ1) is 26.2. The van der Waals surface area contributed by atoms with Crippen molar-refractivity contribution in [2.24, 2.45) is 0 Å². The number of nitrogens with one attached hydrogen (secondary N) is 1. The zero-order chi connectivity index (χ0) is 26.4. The maximum atomic E-state index is 13.2. The van der Waals surface area contributed by atoms with E-state index in [1.165, 1.54) is 5.56 Å². The largest absolute Gasteiger partial charge is 0.454 e. The van der Waals surface area contributed by atoms with E-state index in [0.717, 1.165) is 40.7 Å². The van der Waals surface area contributed by atoms with Crippen molar-refractivity contribution in [2.45, 2.75) is 58.7 Å². The molecule has 0 radical (unpaired) electrons. The molecule has 5 heteroatoms. The predicted octanol–water partition coefficient (Wildman–Crippen LogP) is 6.97. The molecule has 0 heterocycles. The Bertz CT molecular complexity index is 1270. The van der Waals surface area contributed by atoms with Crippen LogP contribution in [-0.4, -0.2) is 24.2 Å². The van der Waals surface area contributed by atoms with Crippen LogP contribution in [0, 0.1) is 0 Å². The third-order valence-electron chi connectivity index (χ3n) is 6.49. The summed E-state index contributed by atoms with van der Waals surface area (Å²) in [5.41, 5.74) is 6.30. The minimum atomic E-state index is -0.606. The van der Waals surface area contributed by atoms with Crippen LogP contribution in [0.2, 0.25) is 0 Å². The highest BCUT2D eigenvalue weighted by molar-refractivity contribution is 5.89. The maximum Gasteiger partial charge on any atom is 0.407 e. The lowest BCUT2D eigenvalue weighted by Gasteiger charge is -2.21. The summed E-state index contributed by atoms with van der Waals surface area (Å²) in [5, 5.41) is 2.82. The van der Waals surface area contributed by atoms with Gasteiger partial charge in [0.2, 0.25) is 0 Å². The van der Waals surface area contributed by atoms with Crippen LogP contribution in [0.15, 0.2) is 90.0 Å². The molecule has 1 amide bonds. The van der Waals surface area contributed by atoms with E-state index in [0.29, 0.717) is 12.0 Å². The predicted molar refractivity (Wildman–Crippen MR) is 146 cm³/mol. The molecule has 1 atom stereocenters. The normalized spacial score (nSPS) is 15.4. The molecule has 0 spiro atoms. The SMILES string of the molecule is CC(C(=O)OC1CCc2ccccc21)=C(CNC(=O)OC(C)(C)C)Cc1ccc(-c2ccccc2)cc1. The molecule has 0 saturated carbocycles. The molecule has 0 saturated heterocycles. The molecule has 1 aliphatic carbocycles.